The highest BCUT2D eigenvalue weighted by atomic mass is 32.1. The average molecular weight is 379 g/mol. The Morgan fingerprint density at radius 2 is 1.27 bits per heavy atom. The molecule has 0 aromatic carbocycles. The van der Waals surface area contributed by atoms with Crippen LogP contribution in [0.25, 0.3) is 0 Å². The molecule has 0 amide bonds. The first-order chi connectivity index (χ1) is 12.7. The SMILES string of the molecule is CCCCCCCCc1sc(C(C)C)c(C=O)c1CCCCCCCC. The molecule has 26 heavy (non-hydrogen) atoms. The molecular weight excluding hydrogens is 336 g/mol. The highest BCUT2D eigenvalue weighted by molar-refractivity contribution is 7.12. The normalized spacial score (nSPS) is 11.4. The predicted molar refractivity (Wildman–Crippen MR) is 118 cm³/mol. The van der Waals surface area contributed by atoms with E-state index in [1.165, 1.54) is 98.8 Å². The molecule has 1 aromatic heterocycles. The summed E-state index contributed by atoms with van der Waals surface area (Å²) in [4.78, 5) is 14.6. The van der Waals surface area contributed by atoms with E-state index in [1.54, 1.807) is 0 Å². The molecule has 0 N–H and O–H groups in total. The molecule has 150 valence electrons. The molecule has 0 saturated carbocycles. The quantitative estimate of drug-likeness (QED) is 0.208. The van der Waals surface area contributed by atoms with E-state index in [0.717, 1.165) is 18.3 Å². The van der Waals surface area contributed by atoms with Gasteiger partial charge in [0.1, 0.15) is 0 Å². The van der Waals surface area contributed by atoms with E-state index >= 15 is 0 Å². The van der Waals surface area contributed by atoms with Gasteiger partial charge < -0.3 is 0 Å². The molecule has 0 atom stereocenters. The van der Waals surface area contributed by atoms with E-state index in [2.05, 4.69) is 27.7 Å². The fourth-order valence-electron chi connectivity index (χ4n) is 3.73. The summed E-state index contributed by atoms with van der Waals surface area (Å²) in [5.74, 6) is 0.460. The number of carbonyl (C=O) groups is 1. The molecule has 0 spiro atoms. The maximum atomic E-state index is 11.8. The number of hydrogen-bond donors (Lipinski definition) is 0. The van der Waals surface area contributed by atoms with Crippen LogP contribution in [0.4, 0.5) is 0 Å². The first-order valence-electron chi connectivity index (χ1n) is 11.2. The Kier molecular flexibility index (Phi) is 13.0. The number of hydrogen-bond acceptors (Lipinski definition) is 2. The molecule has 0 aliphatic carbocycles. The topological polar surface area (TPSA) is 17.1 Å². The zero-order valence-electron chi connectivity index (χ0n) is 17.9. The standard InChI is InChI=1S/C24H42OS/c1-5-7-9-11-13-15-17-21-22(19-25)24(20(3)4)26-23(21)18-16-14-12-10-8-6-2/h19-20H,5-18H2,1-4H3. The van der Waals surface area contributed by atoms with Crippen LogP contribution in [0.15, 0.2) is 0 Å². The van der Waals surface area contributed by atoms with Crippen LogP contribution < -0.4 is 0 Å². The second-order valence-electron chi connectivity index (χ2n) is 8.09. The van der Waals surface area contributed by atoms with Crippen molar-refractivity contribution < 1.29 is 4.79 Å². The fourth-order valence-corrected chi connectivity index (χ4v) is 5.09. The van der Waals surface area contributed by atoms with Crippen molar-refractivity contribution in [1.29, 1.82) is 0 Å². The van der Waals surface area contributed by atoms with Crippen molar-refractivity contribution in [1.82, 2.24) is 0 Å². The maximum Gasteiger partial charge on any atom is 0.151 e. The van der Waals surface area contributed by atoms with Crippen molar-refractivity contribution in [3.05, 3.63) is 20.9 Å². The molecule has 0 unspecified atom stereocenters. The molecule has 0 aliphatic rings. The molecule has 2 heteroatoms. The van der Waals surface area contributed by atoms with E-state index < -0.39 is 0 Å². The molecule has 1 rings (SSSR count). The minimum absolute atomic E-state index is 0.460. The van der Waals surface area contributed by atoms with Crippen molar-refractivity contribution in [3.63, 3.8) is 0 Å². The molecular formula is C24H42OS. The summed E-state index contributed by atoms with van der Waals surface area (Å²) in [5, 5.41) is 0. The van der Waals surface area contributed by atoms with Gasteiger partial charge in [-0.3, -0.25) is 4.79 Å². The average Bonchev–Trinajstić information content (AvgIpc) is 2.99. The van der Waals surface area contributed by atoms with Gasteiger partial charge in [0.15, 0.2) is 6.29 Å². The van der Waals surface area contributed by atoms with Crippen LogP contribution in [0.3, 0.4) is 0 Å². The van der Waals surface area contributed by atoms with Crippen LogP contribution in [-0.4, -0.2) is 6.29 Å². The Labute approximate surface area is 167 Å². The summed E-state index contributed by atoms with van der Waals surface area (Å²) in [6.45, 7) is 8.99. The predicted octanol–water partition coefficient (Wildman–Crippen LogP) is 8.49. The zero-order chi connectivity index (χ0) is 19.2. The lowest BCUT2D eigenvalue weighted by Crippen LogP contribution is -1.97. The summed E-state index contributed by atoms with van der Waals surface area (Å²) in [6, 6.07) is 0. The smallest absolute Gasteiger partial charge is 0.151 e. The number of thiophene rings is 1. The van der Waals surface area contributed by atoms with Gasteiger partial charge in [-0.1, -0.05) is 91.9 Å². The molecule has 1 heterocycles. The lowest BCUT2D eigenvalue weighted by molar-refractivity contribution is 0.112. The molecule has 0 fully saturated rings. The second kappa shape index (κ2) is 14.4. The third-order valence-corrected chi connectivity index (χ3v) is 6.95. The first-order valence-corrected chi connectivity index (χ1v) is 12.1. The van der Waals surface area contributed by atoms with Gasteiger partial charge in [0, 0.05) is 15.3 Å². The Hall–Kier alpha value is -0.630. The van der Waals surface area contributed by atoms with E-state index in [4.69, 9.17) is 0 Å². The number of carbonyl (C=O) groups excluding carboxylic acids is 1. The van der Waals surface area contributed by atoms with Crippen molar-refractivity contribution in [2.24, 2.45) is 0 Å². The first kappa shape index (κ1) is 23.4. The summed E-state index contributed by atoms with van der Waals surface area (Å²) in [7, 11) is 0. The van der Waals surface area contributed by atoms with Crippen LogP contribution in [0, 0.1) is 0 Å². The Morgan fingerprint density at radius 1 is 0.769 bits per heavy atom. The van der Waals surface area contributed by atoms with Crippen LogP contribution in [-0.2, 0) is 12.8 Å². The molecule has 0 aliphatic heterocycles. The van der Waals surface area contributed by atoms with Crippen LogP contribution in [0.2, 0.25) is 0 Å². The minimum atomic E-state index is 0.460. The van der Waals surface area contributed by atoms with E-state index in [0.29, 0.717) is 5.92 Å². The third-order valence-electron chi connectivity index (χ3n) is 5.34. The van der Waals surface area contributed by atoms with Gasteiger partial charge in [0.25, 0.3) is 0 Å². The molecule has 0 saturated heterocycles. The van der Waals surface area contributed by atoms with Crippen molar-refractivity contribution in [2.75, 3.05) is 0 Å². The van der Waals surface area contributed by atoms with Crippen molar-refractivity contribution in [3.8, 4) is 0 Å². The van der Waals surface area contributed by atoms with Gasteiger partial charge in [-0.05, 0) is 37.2 Å². The lowest BCUT2D eigenvalue weighted by Gasteiger charge is -2.07. The van der Waals surface area contributed by atoms with Crippen LogP contribution in [0.5, 0.6) is 0 Å². The maximum absolute atomic E-state index is 11.8. The number of rotatable bonds is 16. The molecule has 1 nitrogen and oxygen atoms in total. The van der Waals surface area contributed by atoms with Crippen molar-refractivity contribution >= 4 is 17.6 Å². The zero-order valence-corrected chi connectivity index (χ0v) is 18.7. The molecule has 1 aromatic rings. The fraction of sp³-hybridized carbons (Fsp3) is 0.792. The van der Waals surface area contributed by atoms with E-state index in [1.807, 2.05) is 11.3 Å². The monoisotopic (exact) mass is 378 g/mol. The summed E-state index contributed by atoms with van der Waals surface area (Å²) in [6.07, 6.45) is 19.4. The highest BCUT2D eigenvalue weighted by Crippen LogP contribution is 2.35. The van der Waals surface area contributed by atoms with Crippen LogP contribution >= 0.6 is 11.3 Å². The third kappa shape index (κ3) is 8.37. The largest absolute Gasteiger partial charge is 0.298 e. The lowest BCUT2D eigenvalue weighted by atomic mass is 9.97. The van der Waals surface area contributed by atoms with Gasteiger partial charge in [-0.2, -0.15) is 0 Å². The summed E-state index contributed by atoms with van der Waals surface area (Å²) >= 11 is 1.93. The van der Waals surface area contributed by atoms with E-state index in [9.17, 15) is 4.79 Å². The number of aldehydes is 1. The van der Waals surface area contributed by atoms with Crippen molar-refractivity contribution in [2.45, 2.75) is 124 Å². The summed E-state index contributed by atoms with van der Waals surface area (Å²) < 4.78 is 0. The Bertz CT molecular complexity index is 487. The molecule has 0 radical (unpaired) electrons. The second-order valence-corrected chi connectivity index (χ2v) is 9.23. The Balaban J connectivity index is 2.63. The van der Waals surface area contributed by atoms with Gasteiger partial charge >= 0.3 is 0 Å². The van der Waals surface area contributed by atoms with Gasteiger partial charge in [-0.25, -0.2) is 0 Å². The number of aryl methyl sites for hydroxylation is 1. The van der Waals surface area contributed by atoms with Gasteiger partial charge in [0.05, 0.1) is 0 Å². The number of unbranched alkanes of at least 4 members (excludes halogenated alkanes) is 10. The minimum Gasteiger partial charge on any atom is -0.298 e. The Morgan fingerprint density at radius 3 is 1.77 bits per heavy atom. The van der Waals surface area contributed by atoms with Gasteiger partial charge in [-0.15, -0.1) is 11.3 Å². The highest BCUT2D eigenvalue weighted by Gasteiger charge is 2.19. The van der Waals surface area contributed by atoms with Gasteiger partial charge in [0.2, 0.25) is 0 Å². The summed E-state index contributed by atoms with van der Waals surface area (Å²) in [5.41, 5.74) is 2.44. The van der Waals surface area contributed by atoms with E-state index in [-0.39, 0.29) is 0 Å². The van der Waals surface area contributed by atoms with Crippen LogP contribution in [0.1, 0.15) is 136 Å². The molecule has 0 bridgehead atoms.